The Balaban J connectivity index is 1.43. The number of aryl methyl sites for hydroxylation is 1. The van der Waals surface area contributed by atoms with Gasteiger partial charge in [-0.3, -0.25) is 4.98 Å². The Labute approximate surface area is 218 Å². The van der Waals surface area contributed by atoms with Gasteiger partial charge in [-0.1, -0.05) is 73.7 Å². The molecular weight excluding hydrogens is 454 g/mol. The first-order chi connectivity index (χ1) is 19.0. The van der Waals surface area contributed by atoms with Crippen LogP contribution in [0.5, 0.6) is 0 Å². The number of fused-ring (bicyclic) bond motifs is 6. The van der Waals surface area contributed by atoms with Crippen molar-refractivity contribution in [1.82, 2.24) is 4.98 Å². The smallest absolute Gasteiger partial charge is 0.144 e. The Kier molecular flexibility index (Phi) is 4.00. The zero-order valence-electron chi connectivity index (χ0n) is 24.7. The second kappa shape index (κ2) is 8.04. The van der Waals surface area contributed by atoms with Crippen LogP contribution in [0.15, 0.2) is 83.4 Å². The van der Waals surface area contributed by atoms with Crippen molar-refractivity contribution >= 4 is 51.6 Å². The van der Waals surface area contributed by atoms with Crippen molar-refractivity contribution in [3.05, 3.63) is 90.1 Å². The van der Waals surface area contributed by atoms with Gasteiger partial charge in [0, 0.05) is 36.1 Å². The van der Waals surface area contributed by atoms with E-state index in [1.807, 2.05) is 18.2 Å². The topological polar surface area (TPSA) is 26.0 Å². The van der Waals surface area contributed by atoms with Crippen molar-refractivity contribution in [3.8, 4) is 11.3 Å². The summed E-state index contributed by atoms with van der Waals surface area (Å²) < 4.78 is 40.6. The van der Waals surface area contributed by atoms with Crippen LogP contribution in [-0.4, -0.2) is 13.1 Å². The van der Waals surface area contributed by atoms with Gasteiger partial charge >= 0.3 is 0 Å². The molecule has 0 aliphatic carbocycles. The van der Waals surface area contributed by atoms with E-state index in [2.05, 4.69) is 72.7 Å². The zero-order chi connectivity index (χ0) is 27.9. The highest BCUT2D eigenvalue weighted by Gasteiger charge is 2.30. The van der Waals surface area contributed by atoms with Crippen LogP contribution < -0.4 is 0 Å². The first-order valence-corrected chi connectivity index (χ1v) is 16.2. The Bertz CT molecular complexity index is 1950. The summed E-state index contributed by atoms with van der Waals surface area (Å²) in [5.41, 5.74) is 3.79. The monoisotopic (exact) mass is 489 g/mol. The lowest BCUT2D eigenvalue weighted by Crippen LogP contribution is -2.30. The lowest BCUT2D eigenvalue weighted by Gasteiger charge is -2.33. The number of rotatable bonds is 2. The third-order valence-corrected chi connectivity index (χ3v) is 11.3. The highest BCUT2D eigenvalue weighted by Crippen LogP contribution is 2.42. The summed E-state index contributed by atoms with van der Waals surface area (Å²) in [5.74, 6) is -0.926. The third kappa shape index (κ3) is 3.48. The van der Waals surface area contributed by atoms with Gasteiger partial charge in [-0.2, -0.15) is 0 Å². The molecule has 0 saturated carbocycles. The highest BCUT2D eigenvalue weighted by atomic mass is 28.3. The van der Waals surface area contributed by atoms with Crippen LogP contribution >= 0.6 is 0 Å². The SMILES string of the molecule is [2H]C([2H])([2H])c1cnc(-c2cccc3c2oc2cc4c(ccc5ccccc54)cc23)cc1C1([2H])CC[Si](C)(C)CC1. The largest absolute Gasteiger partial charge is 0.455 e. The Morgan fingerprint density at radius 1 is 0.861 bits per heavy atom. The van der Waals surface area contributed by atoms with E-state index >= 15 is 0 Å². The van der Waals surface area contributed by atoms with Gasteiger partial charge in [-0.25, -0.2) is 0 Å². The average Bonchev–Trinajstić information content (AvgIpc) is 3.30. The molecule has 3 heterocycles. The van der Waals surface area contributed by atoms with E-state index in [4.69, 9.17) is 8.53 Å². The van der Waals surface area contributed by atoms with E-state index in [0.717, 1.165) is 50.4 Å². The molecule has 3 heteroatoms. The van der Waals surface area contributed by atoms with Crippen LogP contribution in [0.3, 0.4) is 0 Å². The lowest BCUT2D eigenvalue weighted by atomic mass is 9.89. The van der Waals surface area contributed by atoms with Gasteiger partial charge in [-0.15, -0.1) is 0 Å². The number of aromatic nitrogens is 1. The molecule has 1 aliphatic heterocycles. The molecule has 2 nitrogen and oxygen atoms in total. The Morgan fingerprint density at radius 2 is 1.67 bits per heavy atom. The summed E-state index contributed by atoms with van der Waals surface area (Å²) in [6.45, 7) is 2.40. The molecule has 0 radical (unpaired) electrons. The Morgan fingerprint density at radius 3 is 2.53 bits per heavy atom. The minimum atomic E-state index is -2.33. The Hall–Kier alpha value is -3.43. The maximum Gasteiger partial charge on any atom is 0.144 e. The van der Waals surface area contributed by atoms with Gasteiger partial charge in [0.05, 0.1) is 5.69 Å². The number of benzene rings is 4. The second-order valence-electron chi connectivity index (χ2n) is 11.0. The van der Waals surface area contributed by atoms with Crippen LogP contribution in [0.25, 0.3) is 54.7 Å². The highest BCUT2D eigenvalue weighted by molar-refractivity contribution is 6.77. The predicted molar refractivity (Wildman–Crippen MR) is 156 cm³/mol. The molecule has 1 aliphatic rings. The first-order valence-electron chi connectivity index (χ1n) is 14.8. The minimum absolute atomic E-state index is 0.197. The third-order valence-electron chi connectivity index (χ3n) is 8.13. The molecule has 0 spiro atoms. The van der Waals surface area contributed by atoms with Crippen LogP contribution in [0.4, 0.5) is 0 Å². The number of furan rings is 1. The average molecular weight is 490 g/mol. The molecular formula is C33H31NOSi. The molecule has 36 heavy (non-hydrogen) atoms. The van der Waals surface area contributed by atoms with Crippen molar-refractivity contribution in [2.75, 3.05) is 0 Å². The molecule has 7 rings (SSSR count). The molecule has 6 aromatic rings. The fourth-order valence-corrected chi connectivity index (χ4v) is 8.10. The van der Waals surface area contributed by atoms with Crippen molar-refractivity contribution < 1.29 is 9.90 Å². The number of pyridine rings is 1. The van der Waals surface area contributed by atoms with E-state index in [0.29, 0.717) is 24.1 Å². The maximum atomic E-state index is 9.44. The number of nitrogens with zero attached hydrogens (tertiary/aromatic N) is 1. The zero-order valence-corrected chi connectivity index (χ0v) is 21.7. The number of para-hydroxylation sites is 1. The molecule has 0 N–H and O–H groups in total. The summed E-state index contributed by atoms with van der Waals surface area (Å²) in [6, 6.07) is 27.0. The molecule has 1 fully saturated rings. The normalized spacial score (nSPS) is 19.3. The number of hydrogen-bond donors (Lipinski definition) is 0. The summed E-state index contributed by atoms with van der Waals surface area (Å²) in [5, 5.41) is 6.71. The van der Waals surface area contributed by atoms with Crippen molar-refractivity contribution in [2.45, 2.75) is 50.8 Å². The van der Waals surface area contributed by atoms with E-state index in [9.17, 15) is 1.37 Å². The minimum Gasteiger partial charge on any atom is -0.455 e. The maximum absolute atomic E-state index is 9.44. The van der Waals surface area contributed by atoms with Crippen molar-refractivity contribution in [2.24, 2.45) is 0 Å². The van der Waals surface area contributed by atoms with E-state index in [1.165, 1.54) is 17.0 Å². The van der Waals surface area contributed by atoms with Crippen LogP contribution in [0, 0.1) is 6.85 Å². The van der Waals surface area contributed by atoms with Crippen molar-refractivity contribution in [1.29, 1.82) is 0 Å². The fraction of sp³-hybridized carbons (Fsp3) is 0.242. The van der Waals surface area contributed by atoms with Crippen LogP contribution in [-0.2, 0) is 0 Å². The molecule has 4 aromatic carbocycles. The molecule has 0 unspecified atom stereocenters. The van der Waals surface area contributed by atoms with E-state index in [1.54, 1.807) is 0 Å². The van der Waals surface area contributed by atoms with Crippen LogP contribution in [0.1, 0.15) is 35.3 Å². The van der Waals surface area contributed by atoms with E-state index < -0.39 is 20.8 Å². The van der Waals surface area contributed by atoms with Gasteiger partial charge < -0.3 is 4.42 Å². The molecule has 0 bridgehead atoms. The van der Waals surface area contributed by atoms with Gasteiger partial charge in [0.25, 0.3) is 0 Å². The summed E-state index contributed by atoms with van der Waals surface area (Å²) in [7, 11) is -1.34. The van der Waals surface area contributed by atoms with E-state index in [-0.39, 0.29) is 5.56 Å². The predicted octanol–water partition coefficient (Wildman–Crippen LogP) is 9.85. The summed E-state index contributed by atoms with van der Waals surface area (Å²) in [6.07, 6.45) is 2.86. The van der Waals surface area contributed by atoms with Gasteiger partial charge in [-0.05, 0) is 82.5 Å². The fourth-order valence-electron chi connectivity index (χ4n) is 5.89. The quantitative estimate of drug-likeness (QED) is 0.179. The molecule has 0 amide bonds. The summed E-state index contributed by atoms with van der Waals surface area (Å²) in [4.78, 5) is 4.65. The first kappa shape index (κ1) is 17.9. The van der Waals surface area contributed by atoms with Gasteiger partial charge in [0.1, 0.15) is 11.2 Å². The van der Waals surface area contributed by atoms with Crippen LogP contribution in [0.2, 0.25) is 25.2 Å². The van der Waals surface area contributed by atoms with Crippen molar-refractivity contribution in [3.63, 3.8) is 0 Å². The molecule has 178 valence electrons. The lowest BCUT2D eigenvalue weighted by molar-refractivity contribution is 0.598. The van der Waals surface area contributed by atoms with Gasteiger partial charge in [0.15, 0.2) is 0 Å². The molecule has 0 atom stereocenters. The number of hydrogen-bond acceptors (Lipinski definition) is 2. The summed E-state index contributed by atoms with van der Waals surface area (Å²) >= 11 is 0. The molecule has 2 aromatic heterocycles. The van der Waals surface area contributed by atoms with Gasteiger partial charge in [0.2, 0.25) is 0 Å². The second-order valence-corrected chi connectivity index (χ2v) is 16.4. The standard InChI is InChI=1S/C33H31NOSi/c1-21-20-34-31(18-28(21)23-13-15-36(2,3)16-14-23)27-10-6-9-26-30-17-24-12-11-22-7-4-5-8-25(22)29(24)19-32(30)35-33(26)27/h4-12,17-20,23H,13-16H2,1-3H3/i1D3,23D. The molecule has 1 saturated heterocycles.